The van der Waals surface area contributed by atoms with Gasteiger partial charge in [0.05, 0.1) is 16.5 Å². The van der Waals surface area contributed by atoms with Gasteiger partial charge in [0.25, 0.3) is 0 Å². The first-order valence-corrected chi connectivity index (χ1v) is 8.01. The van der Waals surface area contributed by atoms with Crippen molar-refractivity contribution in [3.05, 3.63) is 27.7 Å². The maximum atomic E-state index is 11.7. The molecule has 0 fully saturated rings. The fourth-order valence-electron chi connectivity index (χ4n) is 1.32. The number of thioether (sulfide) groups is 1. The monoisotopic (exact) mass is 394 g/mol. The van der Waals surface area contributed by atoms with E-state index in [2.05, 4.69) is 26.6 Å². The van der Waals surface area contributed by atoms with Crippen molar-refractivity contribution in [1.29, 1.82) is 0 Å². The predicted octanol–water partition coefficient (Wildman–Crippen LogP) is 1.97. The average Bonchev–Trinajstić information content (AvgIpc) is 2.41. The van der Waals surface area contributed by atoms with E-state index in [4.69, 9.17) is 16.7 Å². The quantitative estimate of drug-likeness (QED) is 0.585. The Morgan fingerprint density at radius 2 is 2.19 bits per heavy atom. The Morgan fingerprint density at radius 3 is 2.76 bits per heavy atom. The van der Waals surface area contributed by atoms with Gasteiger partial charge >= 0.3 is 5.97 Å². The van der Waals surface area contributed by atoms with E-state index in [9.17, 15) is 14.4 Å². The van der Waals surface area contributed by atoms with E-state index >= 15 is 0 Å². The van der Waals surface area contributed by atoms with Crippen LogP contribution in [0.2, 0.25) is 5.02 Å². The van der Waals surface area contributed by atoms with Gasteiger partial charge in [0.15, 0.2) is 0 Å². The van der Waals surface area contributed by atoms with Crippen molar-refractivity contribution in [3.8, 4) is 0 Å². The lowest BCUT2D eigenvalue weighted by molar-refractivity contribution is -0.139. The highest BCUT2D eigenvalue weighted by atomic mass is 79.9. The summed E-state index contributed by atoms with van der Waals surface area (Å²) in [6.07, 6.45) is 0.320. The summed E-state index contributed by atoms with van der Waals surface area (Å²) in [6.45, 7) is 0. The summed E-state index contributed by atoms with van der Waals surface area (Å²) < 4.78 is 0.795. The molecule has 6 nitrogen and oxygen atoms in total. The first-order valence-electron chi connectivity index (χ1n) is 5.69. The number of benzene rings is 1. The summed E-state index contributed by atoms with van der Waals surface area (Å²) in [4.78, 5) is 32.7. The van der Waals surface area contributed by atoms with Gasteiger partial charge in [0.2, 0.25) is 12.3 Å². The number of nitrogens with one attached hydrogen (secondary N) is 2. The molecule has 0 bridgehead atoms. The number of carboxylic acids is 1. The van der Waals surface area contributed by atoms with Gasteiger partial charge in [0, 0.05) is 10.2 Å². The predicted molar refractivity (Wildman–Crippen MR) is 85.7 cm³/mol. The zero-order chi connectivity index (χ0) is 15.8. The van der Waals surface area contributed by atoms with E-state index in [0.717, 1.165) is 16.2 Å². The summed E-state index contributed by atoms with van der Waals surface area (Å²) in [6, 6.07) is 4.03. The smallest absolute Gasteiger partial charge is 0.327 e. The second-order valence-electron chi connectivity index (χ2n) is 3.86. The number of carbonyl (C=O) groups excluding carboxylic acids is 2. The summed E-state index contributed by atoms with van der Waals surface area (Å²) in [5.74, 6) is -1.31. The van der Waals surface area contributed by atoms with Gasteiger partial charge in [-0.05, 0) is 18.2 Å². The molecule has 114 valence electrons. The van der Waals surface area contributed by atoms with Crippen LogP contribution in [0.3, 0.4) is 0 Å². The molecule has 0 aliphatic carbocycles. The highest BCUT2D eigenvalue weighted by Gasteiger charge is 2.16. The Bertz CT molecular complexity index is 544. The molecule has 1 unspecified atom stereocenters. The van der Waals surface area contributed by atoms with Gasteiger partial charge in [-0.15, -0.1) is 11.8 Å². The molecule has 3 N–H and O–H groups in total. The first-order chi connectivity index (χ1) is 9.93. The lowest BCUT2D eigenvalue weighted by Gasteiger charge is -2.11. The zero-order valence-corrected chi connectivity index (χ0v) is 13.8. The molecule has 2 amide bonds. The van der Waals surface area contributed by atoms with Crippen molar-refractivity contribution in [2.24, 2.45) is 0 Å². The van der Waals surface area contributed by atoms with Gasteiger partial charge in [-0.25, -0.2) is 4.79 Å². The molecule has 0 saturated carbocycles. The lowest BCUT2D eigenvalue weighted by atomic mass is 10.3. The molecule has 0 spiro atoms. The molecule has 21 heavy (non-hydrogen) atoms. The van der Waals surface area contributed by atoms with Crippen molar-refractivity contribution in [3.63, 3.8) is 0 Å². The molecule has 9 heteroatoms. The van der Waals surface area contributed by atoms with Crippen LogP contribution in [0.15, 0.2) is 22.7 Å². The molecule has 0 aliphatic rings. The van der Waals surface area contributed by atoms with Crippen LogP contribution in [0, 0.1) is 0 Å². The number of carboxylic acid groups (broad SMARTS) is 1. The molecular formula is C12H12BrClN2O4S. The summed E-state index contributed by atoms with van der Waals surface area (Å²) in [5, 5.41) is 14.0. The summed E-state index contributed by atoms with van der Waals surface area (Å²) in [5.41, 5.74) is 0.478. The molecule has 0 aromatic heterocycles. The van der Waals surface area contributed by atoms with Gasteiger partial charge in [-0.3, -0.25) is 9.59 Å². The molecular weight excluding hydrogens is 384 g/mol. The van der Waals surface area contributed by atoms with Crippen molar-refractivity contribution in [2.75, 3.05) is 16.8 Å². The third kappa shape index (κ3) is 6.36. The number of rotatable bonds is 8. The van der Waals surface area contributed by atoms with Crippen LogP contribution >= 0.6 is 39.3 Å². The highest BCUT2D eigenvalue weighted by molar-refractivity contribution is 9.10. The molecule has 1 atom stereocenters. The van der Waals surface area contributed by atoms with E-state index < -0.39 is 12.0 Å². The molecule has 1 aromatic carbocycles. The number of halogens is 2. The number of hydrogen-bond donors (Lipinski definition) is 3. The number of carbonyl (C=O) groups is 3. The molecule has 0 aliphatic heterocycles. The van der Waals surface area contributed by atoms with Gasteiger partial charge < -0.3 is 15.7 Å². The van der Waals surface area contributed by atoms with Crippen LogP contribution in [-0.2, 0) is 14.4 Å². The molecule has 0 radical (unpaired) electrons. The van der Waals surface area contributed by atoms with Gasteiger partial charge in [-0.1, -0.05) is 27.5 Å². The normalized spacial score (nSPS) is 11.5. The van der Waals surface area contributed by atoms with E-state index in [1.165, 1.54) is 0 Å². The Kier molecular flexibility index (Phi) is 7.55. The number of hydrogen-bond acceptors (Lipinski definition) is 4. The van der Waals surface area contributed by atoms with Crippen LogP contribution in [0.1, 0.15) is 0 Å². The van der Waals surface area contributed by atoms with Crippen LogP contribution in [0.5, 0.6) is 0 Å². The topological polar surface area (TPSA) is 95.5 Å². The maximum Gasteiger partial charge on any atom is 0.327 e. The van der Waals surface area contributed by atoms with Crippen molar-refractivity contribution in [1.82, 2.24) is 5.32 Å². The number of anilines is 1. The molecule has 0 heterocycles. The average molecular weight is 396 g/mol. The minimum Gasteiger partial charge on any atom is -0.480 e. The second kappa shape index (κ2) is 8.91. The minimum atomic E-state index is -1.15. The SMILES string of the molecule is O=CNC(CSCC(=O)Nc1ccc(Br)cc1Cl)C(=O)O. The van der Waals surface area contributed by atoms with Crippen molar-refractivity contribution in [2.45, 2.75) is 6.04 Å². The highest BCUT2D eigenvalue weighted by Crippen LogP contribution is 2.25. The third-order valence-corrected chi connectivity index (χ3v) is 4.13. The van der Waals surface area contributed by atoms with E-state index in [0.29, 0.717) is 17.1 Å². The van der Waals surface area contributed by atoms with Crippen molar-refractivity contribution >= 4 is 63.3 Å². The first kappa shape index (κ1) is 17.8. The molecule has 0 saturated heterocycles. The van der Waals surface area contributed by atoms with E-state index in [1.807, 2.05) is 0 Å². The maximum absolute atomic E-state index is 11.7. The zero-order valence-electron chi connectivity index (χ0n) is 10.6. The van der Waals surface area contributed by atoms with Gasteiger partial charge in [-0.2, -0.15) is 0 Å². The van der Waals surface area contributed by atoms with Crippen LogP contribution in [0.4, 0.5) is 5.69 Å². The van der Waals surface area contributed by atoms with Gasteiger partial charge in [0.1, 0.15) is 6.04 Å². The van der Waals surface area contributed by atoms with Crippen molar-refractivity contribution < 1.29 is 19.5 Å². The minimum absolute atomic E-state index is 0.0523. The Hall–Kier alpha value is -1.25. The van der Waals surface area contributed by atoms with E-state index in [1.54, 1.807) is 18.2 Å². The fourth-order valence-corrected chi connectivity index (χ4v) is 2.89. The largest absolute Gasteiger partial charge is 0.480 e. The third-order valence-electron chi connectivity index (χ3n) is 2.29. The summed E-state index contributed by atoms with van der Waals surface area (Å²) >= 11 is 10.3. The summed E-state index contributed by atoms with van der Waals surface area (Å²) in [7, 11) is 0. The second-order valence-corrected chi connectivity index (χ2v) is 6.22. The number of amides is 2. The lowest BCUT2D eigenvalue weighted by Crippen LogP contribution is -2.38. The van der Waals surface area contributed by atoms with Crippen LogP contribution < -0.4 is 10.6 Å². The van der Waals surface area contributed by atoms with E-state index in [-0.39, 0.29) is 17.4 Å². The Labute approximate surface area is 138 Å². The van der Waals surface area contributed by atoms with Crippen LogP contribution in [-0.4, -0.2) is 40.9 Å². The Balaban J connectivity index is 2.43. The standard InChI is InChI=1S/C12H12BrClN2O4S/c13-7-1-2-9(8(14)3-7)16-11(18)5-21-4-10(12(19)20)15-6-17/h1-3,6,10H,4-5H2,(H,15,17)(H,16,18)(H,19,20). The molecule has 1 aromatic rings. The Morgan fingerprint density at radius 1 is 1.48 bits per heavy atom. The van der Waals surface area contributed by atoms with Crippen LogP contribution in [0.25, 0.3) is 0 Å². The number of aliphatic carboxylic acids is 1. The fraction of sp³-hybridized carbons (Fsp3) is 0.250. The molecule has 1 rings (SSSR count).